The molecule has 0 spiro atoms. The maximum atomic E-state index is 13.5. The summed E-state index contributed by atoms with van der Waals surface area (Å²) in [5.41, 5.74) is -2.76. The topological polar surface area (TPSA) is 54.9 Å². The molecule has 0 radical (unpaired) electrons. The van der Waals surface area contributed by atoms with Gasteiger partial charge in [-0.1, -0.05) is 12.1 Å². The zero-order valence-corrected chi connectivity index (χ0v) is 16.9. The van der Waals surface area contributed by atoms with Crippen molar-refractivity contribution in [2.45, 2.75) is 18.4 Å². The van der Waals surface area contributed by atoms with Gasteiger partial charge in [0.15, 0.2) is 0 Å². The smallest absolute Gasteiger partial charge is 0.338 e. The summed E-state index contributed by atoms with van der Waals surface area (Å²) >= 11 is 3.15. The van der Waals surface area contributed by atoms with E-state index in [-0.39, 0.29) is 11.3 Å². The highest BCUT2D eigenvalue weighted by Crippen LogP contribution is 2.36. The van der Waals surface area contributed by atoms with E-state index in [1.54, 1.807) is 0 Å². The molecule has 0 aliphatic carbocycles. The van der Waals surface area contributed by atoms with Crippen molar-refractivity contribution in [3.63, 3.8) is 0 Å². The van der Waals surface area contributed by atoms with Crippen molar-refractivity contribution in [2.24, 2.45) is 0 Å². The van der Waals surface area contributed by atoms with Gasteiger partial charge in [0.2, 0.25) is 0 Å². The first-order valence-corrected chi connectivity index (χ1v) is 9.38. The number of rotatable bonds is 4. The summed E-state index contributed by atoms with van der Waals surface area (Å²) in [6.07, 6.45) is -7.00. The number of nitrogens with one attached hydrogen (secondary N) is 1. The summed E-state index contributed by atoms with van der Waals surface area (Å²) in [7, 11) is 0. The molecular weight excluding hydrogens is 492 g/mol. The van der Waals surface area contributed by atoms with Crippen LogP contribution in [0.3, 0.4) is 0 Å². The second-order valence-electron chi connectivity index (χ2n) is 6.32. The van der Waals surface area contributed by atoms with E-state index in [4.69, 9.17) is 0 Å². The average Bonchev–Trinajstić information content (AvgIpc) is 2.71. The van der Waals surface area contributed by atoms with Gasteiger partial charge in [-0.15, -0.1) is 0 Å². The molecule has 3 rings (SSSR count). The fraction of sp³-hybridized carbons (Fsp3) is 0.150. The number of carbonyl (C=O) groups excluding carboxylic acids is 1. The zero-order valence-electron chi connectivity index (χ0n) is 15.3. The van der Waals surface area contributed by atoms with Crippen LogP contribution < -0.4 is 5.32 Å². The Hall–Kier alpha value is -2.95. The van der Waals surface area contributed by atoms with Gasteiger partial charge in [-0.05, 0) is 57.9 Å². The van der Waals surface area contributed by atoms with Crippen molar-refractivity contribution in [3.05, 3.63) is 93.5 Å². The lowest BCUT2D eigenvalue weighted by Crippen LogP contribution is -2.32. The largest absolute Gasteiger partial charge is 0.418 e. The fourth-order valence-electron chi connectivity index (χ4n) is 2.78. The molecular formula is C20H12BrF6N3O. The van der Waals surface area contributed by atoms with Crippen LogP contribution in [0.25, 0.3) is 0 Å². The first-order valence-electron chi connectivity index (χ1n) is 8.58. The molecule has 3 aromatic rings. The molecule has 1 atom stereocenters. The highest BCUT2D eigenvalue weighted by molar-refractivity contribution is 9.10. The number of pyridine rings is 2. The van der Waals surface area contributed by atoms with E-state index in [2.05, 4.69) is 31.2 Å². The van der Waals surface area contributed by atoms with Crippen LogP contribution in [0.4, 0.5) is 26.3 Å². The monoisotopic (exact) mass is 503 g/mol. The zero-order chi connectivity index (χ0) is 22.8. The van der Waals surface area contributed by atoms with Gasteiger partial charge in [0, 0.05) is 16.9 Å². The van der Waals surface area contributed by atoms with Gasteiger partial charge in [0.05, 0.1) is 22.9 Å². The SMILES string of the molecule is O=C(NC(c1ccc(C(F)(F)F)cc1)c1ncccc1C(F)(F)F)c1ccc(Br)cn1. The standard InChI is InChI=1S/C20H12BrF6N3O/c21-13-7-8-15(29-10-13)18(31)30-16(11-3-5-12(6-4-11)19(22,23)24)17-14(20(25,26)27)2-1-9-28-17/h1-10,16H,(H,30,31). The molecule has 1 N–H and O–H groups in total. The molecule has 1 aromatic carbocycles. The fourth-order valence-corrected chi connectivity index (χ4v) is 3.01. The number of carbonyl (C=O) groups is 1. The van der Waals surface area contributed by atoms with E-state index < -0.39 is 41.1 Å². The third-order valence-corrected chi connectivity index (χ3v) is 4.69. The van der Waals surface area contributed by atoms with Crippen LogP contribution in [-0.4, -0.2) is 15.9 Å². The number of hydrogen-bond acceptors (Lipinski definition) is 3. The Labute approximate surface area is 180 Å². The van der Waals surface area contributed by atoms with E-state index >= 15 is 0 Å². The molecule has 0 bridgehead atoms. The molecule has 0 saturated heterocycles. The number of aromatic nitrogens is 2. The van der Waals surface area contributed by atoms with Gasteiger partial charge >= 0.3 is 12.4 Å². The maximum Gasteiger partial charge on any atom is 0.418 e. The second-order valence-corrected chi connectivity index (χ2v) is 7.24. The minimum absolute atomic E-state index is 0.0114. The Bertz CT molecular complexity index is 1070. The average molecular weight is 504 g/mol. The molecule has 1 amide bonds. The van der Waals surface area contributed by atoms with E-state index in [0.717, 1.165) is 42.6 Å². The Balaban J connectivity index is 2.07. The van der Waals surface area contributed by atoms with Crippen LogP contribution in [0, 0.1) is 0 Å². The van der Waals surface area contributed by atoms with Gasteiger partial charge in [0.1, 0.15) is 5.69 Å². The second kappa shape index (κ2) is 8.66. The summed E-state index contributed by atoms with van der Waals surface area (Å²) in [4.78, 5) is 20.3. The molecule has 31 heavy (non-hydrogen) atoms. The maximum absolute atomic E-state index is 13.5. The summed E-state index contributed by atoms with van der Waals surface area (Å²) in [5.74, 6) is -0.823. The number of hydrogen-bond donors (Lipinski definition) is 1. The first-order chi connectivity index (χ1) is 14.5. The lowest BCUT2D eigenvalue weighted by atomic mass is 9.97. The Morgan fingerprint density at radius 3 is 2.13 bits per heavy atom. The van der Waals surface area contributed by atoms with Crippen LogP contribution in [0.1, 0.15) is 38.9 Å². The van der Waals surface area contributed by atoms with Gasteiger partial charge in [-0.25, -0.2) is 4.98 Å². The highest BCUT2D eigenvalue weighted by Gasteiger charge is 2.37. The number of alkyl halides is 6. The van der Waals surface area contributed by atoms with Crippen molar-refractivity contribution >= 4 is 21.8 Å². The predicted octanol–water partition coefficient (Wildman–Crippen LogP) is 5.80. The summed E-state index contributed by atoms with van der Waals surface area (Å²) in [5, 5.41) is 2.40. The summed E-state index contributed by atoms with van der Waals surface area (Å²) in [6.45, 7) is 0. The molecule has 11 heteroatoms. The van der Waals surface area contributed by atoms with Crippen LogP contribution in [0.5, 0.6) is 0 Å². The minimum Gasteiger partial charge on any atom is -0.338 e. The third-order valence-electron chi connectivity index (χ3n) is 4.22. The number of benzene rings is 1. The van der Waals surface area contributed by atoms with Crippen LogP contribution >= 0.6 is 15.9 Å². The molecule has 2 aromatic heterocycles. The molecule has 0 saturated carbocycles. The quantitative estimate of drug-likeness (QED) is 0.458. The van der Waals surface area contributed by atoms with Gasteiger partial charge in [0.25, 0.3) is 5.91 Å². The van der Waals surface area contributed by atoms with Crippen LogP contribution in [0.2, 0.25) is 0 Å². The number of nitrogens with zero attached hydrogens (tertiary/aromatic N) is 2. The van der Waals surface area contributed by atoms with E-state index in [0.29, 0.717) is 4.47 Å². The van der Waals surface area contributed by atoms with Gasteiger partial charge < -0.3 is 5.32 Å². The number of amides is 1. The predicted molar refractivity (Wildman–Crippen MR) is 102 cm³/mol. The highest BCUT2D eigenvalue weighted by atomic mass is 79.9. The number of halogens is 7. The molecule has 0 fully saturated rings. The molecule has 2 heterocycles. The van der Waals surface area contributed by atoms with Crippen LogP contribution in [-0.2, 0) is 12.4 Å². The van der Waals surface area contributed by atoms with Gasteiger partial charge in [-0.2, -0.15) is 26.3 Å². The van der Waals surface area contributed by atoms with Crippen molar-refractivity contribution < 1.29 is 31.1 Å². The normalized spacial score (nSPS) is 13.0. The Kier molecular flexibility index (Phi) is 6.35. The van der Waals surface area contributed by atoms with Crippen molar-refractivity contribution in [3.8, 4) is 0 Å². The third kappa shape index (κ3) is 5.40. The minimum atomic E-state index is -4.80. The van der Waals surface area contributed by atoms with Crippen molar-refractivity contribution in [2.75, 3.05) is 0 Å². The summed E-state index contributed by atoms with van der Waals surface area (Å²) in [6, 6.07) is 6.68. The molecule has 0 aliphatic rings. The Morgan fingerprint density at radius 2 is 1.58 bits per heavy atom. The molecule has 1 unspecified atom stereocenters. The Morgan fingerprint density at radius 1 is 0.903 bits per heavy atom. The summed E-state index contributed by atoms with van der Waals surface area (Å²) < 4.78 is 79.8. The van der Waals surface area contributed by atoms with Crippen LogP contribution in [0.15, 0.2) is 65.4 Å². The lowest BCUT2D eigenvalue weighted by Gasteiger charge is -2.22. The van der Waals surface area contributed by atoms with E-state index in [1.807, 2.05) is 0 Å². The van der Waals surface area contributed by atoms with E-state index in [9.17, 15) is 31.1 Å². The first kappa shape index (κ1) is 22.7. The molecule has 0 aliphatic heterocycles. The lowest BCUT2D eigenvalue weighted by molar-refractivity contribution is -0.139. The van der Waals surface area contributed by atoms with E-state index in [1.165, 1.54) is 18.3 Å². The molecule has 162 valence electrons. The van der Waals surface area contributed by atoms with Crippen molar-refractivity contribution in [1.29, 1.82) is 0 Å². The van der Waals surface area contributed by atoms with Crippen molar-refractivity contribution in [1.82, 2.24) is 15.3 Å². The molecule has 4 nitrogen and oxygen atoms in total. The van der Waals surface area contributed by atoms with Gasteiger partial charge in [-0.3, -0.25) is 9.78 Å².